The Balaban J connectivity index is 0.000000152. The quantitative estimate of drug-likeness (QED) is 0.385. The van der Waals surface area contributed by atoms with Gasteiger partial charge in [-0.1, -0.05) is 72.0 Å². The fourth-order valence-corrected chi connectivity index (χ4v) is 4.87. The molecule has 1 N–H and O–H groups in total. The summed E-state index contributed by atoms with van der Waals surface area (Å²) in [6.07, 6.45) is 2.03. The number of rotatable bonds is 6. The Morgan fingerprint density at radius 2 is 1.71 bits per heavy atom. The number of carbonyl (C=O) groups excluding carboxylic acids is 1. The molecule has 0 amide bonds. The van der Waals surface area contributed by atoms with Crippen LogP contribution in [0, 0.1) is 5.92 Å². The van der Waals surface area contributed by atoms with Gasteiger partial charge in [-0.25, -0.2) is 4.98 Å². The zero-order chi connectivity index (χ0) is 21.7. The number of ether oxygens (including phenoxy) is 1. The number of aldehydes is 1. The third-order valence-corrected chi connectivity index (χ3v) is 6.68. The van der Waals surface area contributed by atoms with Gasteiger partial charge in [0.1, 0.15) is 12.0 Å². The van der Waals surface area contributed by atoms with Crippen LogP contribution in [0.5, 0.6) is 5.75 Å². The summed E-state index contributed by atoms with van der Waals surface area (Å²) in [7, 11) is 1.88. The smallest absolute Gasteiger partial charge is 0.183 e. The van der Waals surface area contributed by atoms with Crippen molar-refractivity contribution >= 4 is 33.0 Å². The van der Waals surface area contributed by atoms with Gasteiger partial charge in [0.25, 0.3) is 0 Å². The van der Waals surface area contributed by atoms with Crippen LogP contribution in [-0.2, 0) is 10.2 Å². The van der Waals surface area contributed by atoms with E-state index < -0.39 is 0 Å². The molecule has 5 heteroatoms. The number of fused-ring (bicyclic) bond motifs is 1. The topological polar surface area (TPSA) is 51.2 Å². The van der Waals surface area contributed by atoms with Gasteiger partial charge in [-0.3, -0.25) is 0 Å². The molecule has 4 nitrogen and oxygen atoms in total. The molecule has 0 radical (unpaired) electrons. The molecule has 1 heterocycles. The molecule has 5 rings (SSSR count). The van der Waals surface area contributed by atoms with E-state index in [4.69, 9.17) is 4.74 Å². The number of hydrogen-bond donors (Lipinski definition) is 1. The Morgan fingerprint density at radius 3 is 2.23 bits per heavy atom. The largest absolute Gasteiger partial charge is 0.494 e. The van der Waals surface area contributed by atoms with Gasteiger partial charge in [0.15, 0.2) is 5.13 Å². The summed E-state index contributed by atoms with van der Waals surface area (Å²) < 4.78 is 6.57. The number of thiazole rings is 1. The van der Waals surface area contributed by atoms with Crippen LogP contribution < -0.4 is 10.1 Å². The van der Waals surface area contributed by atoms with E-state index in [0.717, 1.165) is 33.8 Å². The van der Waals surface area contributed by atoms with Crippen LogP contribution in [0.1, 0.15) is 24.5 Å². The van der Waals surface area contributed by atoms with Gasteiger partial charge in [-0.15, -0.1) is 0 Å². The van der Waals surface area contributed by atoms with Crippen molar-refractivity contribution in [1.29, 1.82) is 0 Å². The van der Waals surface area contributed by atoms with Gasteiger partial charge in [0.05, 0.1) is 16.8 Å². The van der Waals surface area contributed by atoms with Crippen molar-refractivity contribution in [1.82, 2.24) is 4.98 Å². The van der Waals surface area contributed by atoms with E-state index >= 15 is 0 Å². The van der Waals surface area contributed by atoms with Gasteiger partial charge in [-0.2, -0.15) is 0 Å². The van der Waals surface area contributed by atoms with E-state index in [2.05, 4.69) is 34.6 Å². The van der Waals surface area contributed by atoms with Crippen molar-refractivity contribution in [3.05, 3.63) is 90.0 Å². The first-order chi connectivity index (χ1) is 15.2. The zero-order valence-electron chi connectivity index (χ0n) is 17.7. The molecular formula is C26H26N2O2S. The van der Waals surface area contributed by atoms with Crippen LogP contribution in [0.4, 0.5) is 5.13 Å². The van der Waals surface area contributed by atoms with E-state index in [1.54, 1.807) is 11.3 Å². The second-order valence-electron chi connectivity index (χ2n) is 7.48. The molecule has 1 saturated carbocycles. The predicted molar refractivity (Wildman–Crippen MR) is 128 cm³/mol. The van der Waals surface area contributed by atoms with Gasteiger partial charge >= 0.3 is 0 Å². The average molecular weight is 431 g/mol. The molecule has 31 heavy (non-hydrogen) atoms. The lowest BCUT2D eigenvalue weighted by molar-refractivity contribution is -0.109. The van der Waals surface area contributed by atoms with Crippen LogP contribution in [0.25, 0.3) is 10.2 Å². The van der Waals surface area contributed by atoms with Crippen molar-refractivity contribution in [2.45, 2.75) is 18.8 Å². The Morgan fingerprint density at radius 1 is 1.06 bits per heavy atom. The van der Waals surface area contributed by atoms with Gasteiger partial charge in [0.2, 0.25) is 0 Å². The number of nitrogens with one attached hydrogen (secondary N) is 1. The molecule has 0 saturated heterocycles. The number of anilines is 1. The number of aromatic nitrogens is 1. The highest BCUT2D eigenvalue weighted by atomic mass is 32.1. The number of benzene rings is 3. The average Bonchev–Trinajstić information content (AvgIpc) is 3.44. The van der Waals surface area contributed by atoms with E-state index in [0.29, 0.717) is 6.61 Å². The Kier molecular flexibility index (Phi) is 6.33. The lowest BCUT2D eigenvalue weighted by Gasteiger charge is -2.17. The summed E-state index contributed by atoms with van der Waals surface area (Å²) in [5.41, 5.74) is 3.46. The third-order valence-electron chi connectivity index (χ3n) is 5.64. The van der Waals surface area contributed by atoms with Crippen molar-refractivity contribution in [2.24, 2.45) is 5.92 Å². The standard InChI is InChI=1S/C16H14O.C10H12N2OS/c17-12-15-11-16(15,13-7-3-1-4-8-13)14-9-5-2-6-10-14;1-3-13-7-4-5-8-9(6-7)14-10(11-2)12-8/h1-10,12,15H,11H2;4-6H,3H2,1-2H3,(H,11,12). The number of nitrogens with zero attached hydrogens (tertiary/aromatic N) is 1. The number of carbonyl (C=O) groups is 1. The summed E-state index contributed by atoms with van der Waals surface area (Å²) in [5, 5.41) is 3.97. The molecule has 0 spiro atoms. The van der Waals surface area contributed by atoms with E-state index in [-0.39, 0.29) is 11.3 Å². The Bertz CT molecular complexity index is 1100. The second kappa shape index (κ2) is 9.31. The summed E-state index contributed by atoms with van der Waals surface area (Å²) in [5.74, 6) is 1.04. The first kappa shape index (κ1) is 21.1. The highest BCUT2D eigenvalue weighted by Gasteiger charge is 2.56. The van der Waals surface area contributed by atoms with E-state index in [9.17, 15) is 4.79 Å². The molecule has 1 fully saturated rings. The van der Waals surface area contributed by atoms with Crippen LogP contribution in [0.2, 0.25) is 0 Å². The van der Waals surface area contributed by atoms with Gasteiger partial charge in [0, 0.05) is 18.4 Å². The van der Waals surface area contributed by atoms with Crippen LogP contribution in [0.15, 0.2) is 78.9 Å². The minimum Gasteiger partial charge on any atom is -0.494 e. The van der Waals surface area contributed by atoms with Crippen LogP contribution in [-0.4, -0.2) is 24.9 Å². The van der Waals surface area contributed by atoms with E-state index in [1.165, 1.54) is 11.1 Å². The molecular weight excluding hydrogens is 404 g/mol. The Hall–Kier alpha value is -3.18. The van der Waals surface area contributed by atoms with Gasteiger partial charge < -0.3 is 14.8 Å². The Labute approximate surface area is 186 Å². The molecule has 1 atom stereocenters. The molecule has 1 aliphatic carbocycles. The van der Waals surface area contributed by atoms with Crippen LogP contribution >= 0.6 is 11.3 Å². The molecule has 158 valence electrons. The highest BCUT2D eigenvalue weighted by Crippen LogP contribution is 2.57. The SMILES string of the molecule is CCOc1ccc2nc(NC)sc2c1.O=CC1CC1(c1ccccc1)c1ccccc1. The summed E-state index contributed by atoms with van der Waals surface area (Å²) in [6, 6.07) is 26.6. The molecule has 0 aliphatic heterocycles. The fourth-order valence-electron chi connectivity index (χ4n) is 4.02. The van der Waals surface area contributed by atoms with E-state index in [1.807, 2.05) is 68.6 Å². The fraction of sp³-hybridized carbons (Fsp3) is 0.231. The lowest BCUT2D eigenvalue weighted by Crippen LogP contribution is -2.12. The first-order valence-electron chi connectivity index (χ1n) is 10.5. The first-order valence-corrected chi connectivity index (χ1v) is 11.3. The predicted octanol–water partition coefficient (Wildman–Crippen LogP) is 5.93. The molecule has 1 aromatic heterocycles. The molecule has 3 aromatic carbocycles. The van der Waals surface area contributed by atoms with Gasteiger partial charge in [-0.05, 0) is 42.7 Å². The molecule has 4 aromatic rings. The van der Waals surface area contributed by atoms with Crippen molar-refractivity contribution < 1.29 is 9.53 Å². The van der Waals surface area contributed by atoms with Crippen molar-refractivity contribution in [3.8, 4) is 5.75 Å². The maximum atomic E-state index is 11.1. The normalized spacial score (nSPS) is 16.1. The molecule has 1 unspecified atom stereocenters. The van der Waals surface area contributed by atoms with Crippen LogP contribution in [0.3, 0.4) is 0 Å². The summed E-state index contributed by atoms with van der Waals surface area (Å²) in [6.45, 7) is 2.68. The summed E-state index contributed by atoms with van der Waals surface area (Å²) in [4.78, 5) is 15.5. The summed E-state index contributed by atoms with van der Waals surface area (Å²) >= 11 is 1.64. The minimum atomic E-state index is -0.0652. The second-order valence-corrected chi connectivity index (χ2v) is 8.51. The highest BCUT2D eigenvalue weighted by molar-refractivity contribution is 7.22. The molecule has 1 aliphatic rings. The van der Waals surface area contributed by atoms with Crippen molar-refractivity contribution in [3.63, 3.8) is 0 Å². The maximum absolute atomic E-state index is 11.1. The number of hydrogen-bond acceptors (Lipinski definition) is 5. The minimum absolute atomic E-state index is 0.0652. The van der Waals surface area contributed by atoms with Crippen molar-refractivity contribution in [2.75, 3.05) is 19.0 Å². The lowest BCUT2D eigenvalue weighted by atomic mass is 9.86. The third kappa shape index (κ3) is 4.32. The molecule has 0 bridgehead atoms. The monoisotopic (exact) mass is 430 g/mol. The maximum Gasteiger partial charge on any atom is 0.183 e. The zero-order valence-corrected chi connectivity index (χ0v) is 18.6.